The molecule has 18 heavy (non-hydrogen) atoms. The molecule has 0 atom stereocenters. The van der Waals surface area contributed by atoms with Gasteiger partial charge in [-0.1, -0.05) is 6.07 Å². The van der Waals surface area contributed by atoms with E-state index in [4.69, 9.17) is 16.9 Å². The Bertz CT molecular complexity index is 509. The van der Waals surface area contributed by atoms with Gasteiger partial charge in [0.25, 0.3) is 0 Å². The average Bonchev–Trinajstić information content (AvgIpc) is 3.24. The van der Waals surface area contributed by atoms with Gasteiger partial charge in [-0.3, -0.25) is 0 Å². The van der Waals surface area contributed by atoms with Crippen LogP contribution in [-0.4, -0.2) is 12.6 Å². The molecular weight excluding hydrogens is 246 g/mol. The van der Waals surface area contributed by atoms with Gasteiger partial charge in [0, 0.05) is 18.5 Å². The minimum Gasteiger partial charge on any atom is -0.366 e. The first-order valence-corrected chi connectivity index (χ1v) is 6.56. The van der Waals surface area contributed by atoms with Crippen molar-refractivity contribution in [2.45, 2.75) is 31.2 Å². The third kappa shape index (κ3) is 2.75. The molecule has 0 unspecified atom stereocenters. The van der Waals surface area contributed by atoms with Crippen LogP contribution in [0, 0.1) is 22.7 Å². The number of nitriles is 2. The summed E-state index contributed by atoms with van der Waals surface area (Å²) in [5.74, 6) is 0.413. The summed E-state index contributed by atoms with van der Waals surface area (Å²) < 4.78 is 0. The summed E-state index contributed by atoms with van der Waals surface area (Å²) in [5, 5.41) is 17.9. The predicted molar refractivity (Wildman–Crippen MR) is 71.3 cm³/mol. The van der Waals surface area contributed by atoms with E-state index >= 15 is 0 Å². The van der Waals surface area contributed by atoms with Gasteiger partial charge in [0.15, 0.2) is 0 Å². The van der Waals surface area contributed by atoms with Gasteiger partial charge in [0.1, 0.15) is 6.07 Å². The molecule has 4 heteroatoms. The van der Waals surface area contributed by atoms with Gasteiger partial charge in [-0.25, -0.2) is 0 Å². The molecule has 0 radical (unpaired) electrons. The van der Waals surface area contributed by atoms with Crippen LogP contribution >= 0.6 is 11.6 Å². The summed E-state index contributed by atoms with van der Waals surface area (Å²) >= 11 is 5.78. The second kappa shape index (κ2) is 5.76. The summed E-state index contributed by atoms with van der Waals surface area (Å²) in [6.45, 7) is 0.691. The van der Waals surface area contributed by atoms with Crippen molar-refractivity contribution < 1.29 is 0 Å². The highest BCUT2D eigenvalue weighted by Gasteiger charge is 2.30. The number of anilines is 1. The van der Waals surface area contributed by atoms with E-state index < -0.39 is 0 Å². The van der Waals surface area contributed by atoms with Crippen LogP contribution in [0.25, 0.3) is 0 Å². The summed E-state index contributed by atoms with van der Waals surface area (Å²) in [7, 11) is 0. The number of nitrogens with zero attached hydrogens (tertiary/aromatic N) is 3. The molecule has 0 N–H and O–H groups in total. The molecule has 1 saturated carbocycles. The van der Waals surface area contributed by atoms with E-state index in [0.29, 0.717) is 30.5 Å². The van der Waals surface area contributed by atoms with Gasteiger partial charge in [0.2, 0.25) is 0 Å². The lowest BCUT2D eigenvalue weighted by Crippen LogP contribution is -2.27. The average molecular weight is 260 g/mol. The van der Waals surface area contributed by atoms with E-state index in [0.717, 1.165) is 24.1 Å². The van der Waals surface area contributed by atoms with E-state index in [2.05, 4.69) is 17.0 Å². The van der Waals surface area contributed by atoms with Crippen molar-refractivity contribution in [1.82, 2.24) is 0 Å². The molecule has 0 heterocycles. The van der Waals surface area contributed by atoms with E-state index in [-0.39, 0.29) is 0 Å². The second-order valence-corrected chi connectivity index (χ2v) is 4.70. The van der Waals surface area contributed by atoms with Crippen LogP contribution in [0.1, 0.15) is 30.4 Å². The molecule has 1 aromatic carbocycles. The van der Waals surface area contributed by atoms with Crippen molar-refractivity contribution >= 4 is 17.3 Å². The number of hydrogen-bond donors (Lipinski definition) is 0. The number of rotatable bonds is 5. The van der Waals surface area contributed by atoms with Crippen molar-refractivity contribution in [3.05, 3.63) is 29.3 Å². The lowest BCUT2D eigenvalue weighted by molar-refractivity contribution is 0.791. The number of hydrogen-bond acceptors (Lipinski definition) is 3. The molecular formula is C14H14ClN3. The van der Waals surface area contributed by atoms with E-state index in [9.17, 15) is 5.26 Å². The van der Waals surface area contributed by atoms with Crippen molar-refractivity contribution in [1.29, 1.82) is 10.5 Å². The maximum Gasteiger partial charge on any atom is 0.101 e. The van der Waals surface area contributed by atoms with Crippen LogP contribution in [0.2, 0.25) is 0 Å². The molecule has 1 aliphatic rings. The van der Waals surface area contributed by atoms with Gasteiger partial charge in [-0.2, -0.15) is 10.5 Å². The Morgan fingerprint density at radius 1 is 1.33 bits per heavy atom. The normalized spacial score (nSPS) is 13.7. The Hall–Kier alpha value is -1.71. The molecule has 0 spiro atoms. The highest BCUT2D eigenvalue weighted by molar-refractivity contribution is 6.17. The van der Waals surface area contributed by atoms with Crippen molar-refractivity contribution in [2.24, 2.45) is 0 Å². The SMILES string of the molecule is N#CCCN(c1ccc(CCl)cc1C#N)C1CC1. The Morgan fingerprint density at radius 2 is 2.11 bits per heavy atom. The lowest BCUT2D eigenvalue weighted by Gasteiger charge is -2.24. The summed E-state index contributed by atoms with van der Waals surface area (Å²) in [6, 6.07) is 10.6. The fraction of sp³-hybridized carbons (Fsp3) is 0.429. The highest BCUT2D eigenvalue weighted by Crippen LogP contribution is 2.34. The highest BCUT2D eigenvalue weighted by atomic mass is 35.5. The van der Waals surface area contributed by atoms with Crippen molar-refractivity contribution in [2.75, 3.05) is 11.4 Å². The molecule has 0 amide bonds. The monoisotopic (exact) mass is 259 g/mol. The Balaban J connectivity index is 2.29. The minimum absolute atomic E-state index is 0.413. The molecule has 0 aromatic heterocycles. The summed E-state index contributed by atoms with van der Waals surface area (Å²) in [4.78, 5) is 2.18. The van der Waals surface area contributed by atoms with Crippen molar-refractivity contribution in [3.63, 3.8) is 0 Å². The topological polar surface area (TPSA) is 50.8 Å². The zero-order valence-corrected chi connectivity index (χ0v) is 10.8. The molecule has 2 rings (SSSR count). The van der Waals surface area contributed by atoms with E-state index in [1.807, 2.05) is 18.2 Å². The minimum atomic E-state index is 0.413. The lowest BCUT2D eigenvalue weighted by atomic mass is 10.1. The van der Waals surface area contributed by atoms with E-state index in [1.165, 1.54) is 0 Å². The third-order valence-electron chi connectivity index (χ3n) is 3.10. The first-order valence-electron chi connectivity index (χ1n) is 6.02. The second-order valence-electron chi connectivity index (χ2n) is 4.43. The van der Waals surface area contributed by atoms with Crippen LogP contribution in [0.15, 0.2) is 18.2 Å². The zero-order valence-electron chi connectivity index (χ0n) is 10.1. The van der Waals surface area contributed by atoms with Gasteiger partial charge < -0.3 is 4.90 Å². The number of alkyl halides is 1. The van der Waals surface area contributed by atoms with Gasteiger partial charge in [-0.05, 0) is 30.5 Å². The molecule has 3 nitrogen and oxygen atoms in total. The largest absolute Gasteiger partial charge is 0.366 e. The zero-order chi connectivity index (χ0) is 13.0. The van der Waals surface area contributed by atoms with Crippen LogP contribution in [0.5, 0.6) is 0 Å². The van der Waals surface area contributed by atoms with E-state index in [1.54, 1.807) is 0 Å². The van der Waals surface area contributed by atoms with Gasteiger partial charge >= 0.3 is 0 Å². The molecule has 0 bridgehead atoms. The first kappa shape index (κ1) is 12.7. The quantitative estimate of drug-likeness (QED) is 0.763. The van der Waals surface area contributed by atoms with Gasteiger partial charge in [0.05, 0.1) is 23.7 Å². The number of benzene rings is 1. The molecule has 92 valence electrons. The van der Waals surface area contributed by atoms with Crippen LogP contribution in [0.4, 0.5) is 5.69 Å². The van der Waals surface area contributed by atoms with Crippen LogP contribution in [-0.2, 0) is 5.88 Å². The first-order chi connectivity index (χ1) is 8.80. The Labute approximate surface area is 112 Å². The Kier molecular flexibility index (Phi) is 4.07. The molecule has 1 aliphatic carbocycles. The fourth-order valence-electron chi connectivity index (χ4n) is 2.06. The maximum atomic E-state index is 9.23. The molecule has 1 aromatic rings. The fourth-order valence-corrected chi connectivity index (χ4v) is 2.23. The van der Waals surface area contributed by atoms with Crippen LogP contribution < -0.4 is 4.90 Å². The van der Waals surface area contributed by atoms with Gasteiger partial charge in [-0.15, -0.1) is 11.6 Å². The van der Waals surface area contributed by atoms with Crippen molar-refractivity contribution in [3.8, 4) is 12.1 Å². The summed E-state index contributed by atoms with van der Waals surface area (Å²) in [5.41, 5.74) is 2.54. The number of halogens is 1. The predicted octanol–water partition coefficient (Wildman–Crippen LogP) is 3.18. The smallest absolute Gasteiger partial charge is 0.101 e. The third-order valence-corrected chi connectivity index (χ3v) is 3.41. The molecule has 1 fully saturated rings. The molecule has 0 saturated heterocycles. The molecule has 0 aliphatic heterocycles. The maximum absolute atomic E-state index is 9.23. The van der Waals surface area contributed by atoms with Crippen LogP contribution in [0.3, 0.4) is 0 Å². The Morgan fingerprint density at radius 3 is 2.67 bits per heavy atom. The standard InChI is InChI=1S/C14H14ClN3/c15-9-11-2-5-14(12(8-11)10-17)18(7-1-6-16)13-3-4-13/h2,5,8,13H,1,3-4,7,9H2. The summed E-state index contributed by atoms with van der Waals surface area (Å²) in [6.07, 6.45) is 2.78.